The molecular weight excluding hydrogens is 310 g/mol. The molecule has 2 aromatic carbocycles. The number of sulfonamides is 1. The molecular formula is C14H12ClN3O2S. The number of nitrogen functional groups attached to an aromatic ring is 1. The molecule has 0 unspecified atom stereocenters. The average molecular weight is 322 g/mol. The Morgan fingerprint density at radius 3 is 2.43 bits per heavy atom. The van der Waals surface area contributed by atoms with E-state index in [-0.39, 0.29) is 22.2 Å². The highest BCUT2D eigenvalue weighted by Gasteiger charge is 2.20. The summed E-state index contributed by atoms with van der Waals surface area (Å²) >= 11 is 5.90. The number of hydrogen-bond donors (Lipinski definition) is 2. The lowest BCUT2D eigenvalue weighted by atomic mass is 10.1. The Labute approximate surface area is 128 Å². The van der Waals surface area contributed by atoms with Crippen molar-refractivity contribution >= 4 is 27.3 Å². The minimum Gasteiger partial charge on any atom is -0.398 e. The van der Waals surface area contributed by atoms with E-state index in [4.69, 9.17) is 22.6 Å². The molecule has 0 saturated heterocycles. The quantitative estimate of drug-likeness (QED) is 0.844. The van der Waals surface area contributed by atoms with Crippen molar-refractivity contribution in [1.29, 1.82) is 5.26 Å². The first-order valence-electron chi connectivity index (χ1n) is 5.97. The van der Waals surface area contributed by atoms with E-state index in [1.165, 1.54) is 12.1 Å². The standard InChI is InChI=1S/C14H12ClN3O2S/c15-12-2-1-3-13(17)14(12)21(19,20)18-9-11-6-4-10(8-16)5-7-11/h1-7,18H,9,17H2. The van der Waals surface area contributed by atoms with Gasteiger partial charge in [-0.05, 0) is 29.8 Å². The number of nitriles is 1. The Hall–Kier alpha value is -2.07. The molecule has 0 fully saturated rings. The molecule has 0 bridgehead atoms. The molecule has 3 N–H and O–H groups in total. The number of anilines is 1. The van der Waals surface area contributed by atoms with Gasteiger partial charge in [0.25, 0.3) is 0 Å². The third-order valence-electron chi connectivity index (χ3n) is 2.82. The van der Waals surface area contributed by atoms with Gasteiger partial charge in [0, 0.05) is 6.54 Å². The summed E-state index contributed by atoms with van der Waals surface area (Å²) in [6.45, 7) is 0.0820. The van der Waals surface area contributed by atoms with Crippen molar-refractivity contribution < 1.29 is 8.42 Å². The van der Waals surface area contributed by atoms with Crippen LogP contribution in [-0.4, -0.2) is 8.42 Å². The molecule has 21 heavy (non-hydrogen) atoms. The van der Waals surface area contributed by atoms with Crippen molar-refractivity contribution in [2.75, 3.05) is 5.73 Å². The largest absolute Gasteiger partial charge is 0.398 e. The van der Waals surface area contributed by atoms with Crippen LogP contribution in [0.1, 0.15) is 11.1 Å². The van der Waals surface area contributed by atoms with Crippen molar-refractivity contribution in [1.82, 2.24) is 4.72 Å². The molecule has 0 heterocycles. The van der Waals surface area contributed by atoms with E-state index in [2.05, 4.69) is 4.72 Å². The average Bonchev–Trinajstić information content (AvgIpc) is 2.45. The van der Waals surface area contributed by atoms with Gasteiger partial charge in [0.05, 0.1) is 22.3 Å². The second kappa shape index (κ2) is 6.14. The molecule has 0 aliphatic heterocycles. The Bertz CT molecular complexity index is 776. The van der Waals surface area contributed by atoms with Gasteiger partial charge in [0.2, 0.25) is 10.0 Å². The molecule has 0 atom stereocenters. The second-order valence-electron chi connectivity index (χ2n) is 4.29. The first kappa shape index (κ1) is 15.3. The summed E-state index contributed by atoms with van der Waals surface area (Å²) in [5, 5.41) is 8.78. The lowest BCUT2D eigenvalue weighted by molar-refractivity contribution is 0.582. The minimum atomic E-state index is -3.81. The van der Waals surface area contributed by atoms with Gasteiger partial charge < -0.3 is 5.73 Å². The molecule has 0 spiro atoms. The predicted octanol–water partition coefficient (Wildman–Crippen LogP) is 2.27. The molecule has 2 rings (SSSR count). The van der Waals surface area contributed by atoms with Crippen LogP contribution in [0.3, 0.4) is 0 Å². The Kier molecular flexibility index (Phi) is 4.48. The minimum absolute atomic E-state index is 0.0716. The fourth-order valence-corrected chi connectivity index (χ4v) is 3.45. The van der Waals surface area contributed by atoms with E-state index in [9.17, 15) is 8.42 Å². The first-order valence-corrected chi connectivity index (χ1v) is 7.83. The first-order chi connectivity index (χ1) is 9.94. The van der Waals surface area contributed by atoms with E-state index >= 15 is 0 Å². The molecule has 5 nitrogen and oxygen atoms in total. The van der Waals surface area contributed by atoms with Crippen molar-refractivity contribution in [3.63, 3.8) is 0 Å². The third kappa shape index (κ3) is 3.52. The van der Waals surface area contributed by atoms with Crippen LogP contribution >= 0.6 is 11.6 Å². The molecule has 0 aliphatic rings. The summed E-state index contributed by atoms with van der Waals surface area (Å²) in [4.78, 5) is -0.125. The number of nitrogens with zero attached hydrogens (tertiary/aromatic N) is 1. The maximum absolute atomic E-state index is 12.2. The van der Waals surface area contributed by atoms with E-state index in [0.29, 0.717) is 5.56 Å². The summed E-state index contributed by atoms with van der Waals surface area (Å²) in [5.41, 5.74) is 7.00. The fraction of sp³-hybridized carbons (Fsp3) is 0.0714. The van der Waals surface area contributed by atoms with Gasteiger partial charge in [-0.2, -0.15) is 5.26 Å². The van der Waals surface area contributed by atoms with Gasteiger partial charge in [-0.1, -0.05) is 29.8 Å². The normalized spacial score (nSPS) is 11.0. The molecule has 2 aromatic rings. The maximum atomic E-state index is 12.2. The summed E-state index contributed by atoms with van der Waals surface area (Å²) in [6.07, 6.45) is 0. The van der Waals surface area contributed by atoms with E-state index < -0.39 is 10.0 Å². The zero-order valence-electron chi connectivity index (χ0n) is 10.9. The number of nitrogens with two attached hydrogens (primary N) is 1. The van der Waals surface area contributed by atoms with E-state index in [1.807, 2.05) is 6.07 Å². The highest BCUT2D eigenvalue weighted by molar-refractivity contribution is 7.89. The van der Waals surface area contributed by atoms with Gasteiger partial charge in [-0.25, -0.2) is 13.1 Å². The van der Waals surface area contributed by atoms with Crippen LogP contribution in [0.5, 0.6) is 0 Å². The van der Waals surface area contributed by atoms with Crippen LogP contribution in [0.2, 0.25) is 5.02 Å². The lowest BCUT2D eigenvalue weighted by Gasteiger charge is -2.10. The van der Waals surface area contributed by atoms with Crippen molar-refractivity contribution in [3.8, 4) is 6.07 Å². The SMILES string of the molecule is N#Cc1ccc(CNS(=O)(=O)c2c(N)cccc2Cl)cc1. The van der Waals surface area contributed by atoms with Crippen molar-refractivity contribution in [3.05, 3.63) is 58.6 Å². The van der Waals surface area contributed by atoms with E-state index in [0.717, 1.165) is 5.56 Å². The molecule has 0 aliphatic carbocycles. The summed E-state index contributed by atoms with van der Waals surface area (Å²) in [5.74, 6) is 0. The van der Waals surface area contributed by atoms with Gasteiger partial charge in [-0.15, -0.1) is 0 Å². The van der Waals surface area contributed by atoms with Gasteiger partial charge in [0.1, 0.15) is 4.90 Å². The third-order valence-corrected chi connectivity index (χ3v) is 4.76. The molecule has 7 heteroatoms. The van der Waals surface area contributed by atoms with E-state index in [1.54, 1.807) is 30.3 Å². The van der Waals surface area contributed by atoms with Crippen LogP contribution in [-0.2, 0) is 16.6 Å². The van der Waals surface area contributed by atoms with Crippen molar-refractivity contribution in [2.24, 2.45) is 0 Å². The number of hydrogen-bond acceptors (Lipinski definition) is 4. The smallest absolute Gasteiger partial charge is 0.244 e. The number of rotatable bonds is 4. The van der Waals surface area contributed by atoms with Gasteiger partial charge >= 0.3 is 0 Å². The van der Waals surface area contributed by atoms with Crippen LogP contribution in [0.25, 0.3) is 0 Å². The molecule has 0 radical (unpaired) electrons. The van der Waals surface area contributed by atoms with Crippen LogP contribution in [0, 0.1) is 11.3 Å². The zero-order chi connectivity index (χ0) is 15.5. The molecule has 0 amide bonds. The molecule has 0 saturated carbocycles. The topological polar surface area (TPSA) is 96.0 Å². The number of halogens is 1. The Morgan fingerprint density at radius 2 is 1.86 bits per heavy atom. The van der Waals surface area contributed by atoms with Gasteiger partial charge in [0.15, 0.2) is 0 Å². The maximum Gasteiger partial charge on any atom is 0.244 e. The number of nitrogens with one attached hydrogen (secondary N) is 1. The highest BCUT2D eigenvalue weighted by atomic mass is 35.5. The molecule has 108 valence electrons. The second-order valence-corrected chi connectivity index (χ2v) is 6.40. The Balaban J connectivity index is 2.20. The zero-order valence-corrected chi connectivity index (χ0v) is 12.4. The Morgan fingerprint density at radius 1 is 1.19 bits per heavy atom. The monoisotopic (exact) mass is 321 g/mol. The van der Waals surface area contributed by atoms with Crippen LogP contribution < -0.4 is 10.5 Å². The lowest BCUT2D eigenvalue weighted by Crippen LogP contribution is -2.24. The van der Waals surface area contributed by atoms with Crippen LogP contribution in [0.4, 0.5) is 5.69 Å². The molecule has 0 aromatic heterocycles. The fourth-order valence-electron chi connectivity index (χ4n) is 1.76. The predicted molar refractivity (Wildman–Crippen MR) is 81.0 cm³/mol. The van der Waals surface area contributed by atoms with Crippen molar-refractivity contribution in [2.45, 2.75) is 11.4 Å². The van der Waals surface area contributed by atoms with Crippen LogP contribution in [0.15, 0.2) is 47.4 Å². The summed E-state index contributed by atoms with van der Waals surface area (Å²) in [6, 6.07) is 13.1. The number of benzene rings is 2. The summed E-state index contributed by atoms with van der Waals surface area (Å²) in [7, 11) is -3.81. The summed E-state index contributed by atoms with van der Waals surface area (Å²) < 4.78 is 26.9. The highest BCUT2D eigenvalue weighted by Crippen LogP contribution is 2.26. The van der Waals surface area contributed by atoms with Gasteiger partial charge in [-0.3, -0.25) is 0 Å².